The summed E-state index contributed by atoms with van der Waals surface area (Å²) in [4.78, 5) is 25.4. The van der Waals surface area contributed by atoms with Crippen molar-refractivity contribution in [2.75, 3.05) is 25.2 Å². The molecule has 8 heteroatoms. The number of thioether (sulfide) groups is 1. The SMILES string of the molecule is COc1ccc(-c2cc3cnc(OCCCCCCCCCCCCCSCCC(C)(C)C)cc3oc2=O)cc1.O=CO. The quantitative estimate of drug-likeness (QED) is 0.105. The third kappa shape index (κ3) is 15.3. The Morgan fingerprint density at radius 1 is 0.884 bits per heavy atom. The van der Waals surface area contributed by atoms with E-state index in [4.69, 9.17) is 23.8 Å². The predicted octanol–water partition coefficient (Wildman–Crippen LogP) is 9.40. The molecule has 3 aromatic rings. The van der Waals surface area contributed by atoms with E-state index in [0.29, 0.717) is 29.0 Å². The number of hydrogen-bond acceptors (Lipinski definition) is 7. The van der Waals surface area contributed by atoms with Crippen LogP contribution in [0.3, 0.4) is 0 Å². The highest BCUT2D eigenvalue weighted by atomic mass is 32.2. The molecule has 238 valence electrons. The number of rotatable bonds is 19. The molecular formula is C35H51NO6S. The smallest absolute Gasteiger partial charge is 0.344 e. The summed E-state index contributed by atoms with van der Waals surface area (Å²) in [5.74, 6) is 3.88. The number of carbonyl (C=O) groups is 1. The molecule has 1 N–H and O–H groups in total. The molecule has 0 saturated heterocycles. The molecule has 0 radical (unpaired) electrons. The number of ether oxygens (including phenoxy) is 2. The fraction of sp³-hybridized carbons (Fsp3) is 0.571. The van der Waals surface area contributed by atoms with Crippen LogP contribution in [0.25, 0.3) is 22.1 Å². The summed E-state index contributed by atoms with van der Waals surface area (Å²) in [5, 5.41) is 7.66. The molecule has 0 aliphatic heterocycles. The van der Waals surface area contributed by atoms with Gasteiger partial charge in [0.2, 0.25) is 5.88 Å². The molecule has 0 amide bonds. The standard InChI is InChI=1S/C34H49NO4S.CH2O2/c1-34(2,3)20-23-40-22-15-13-11-9-7-5-6-8-10-12-14-21-38-32-25-31-28(26-35-32)24-30(33(36)39-31)27-16-18-29(37-4)19-17-27;2-1-3/h16-19,24-26H,5-15,20-23H2,1-4H3;1H,(H,2,3). The van der Waals surface area contributed by atoms with Crippen LogP contribution in [0.15, 0.2) is 51.8 Å². The number of nitrogens with zero attached hydrogens (tertiary/aromatic N) is 1. The van der Waals surface area contributed by atoms with E-state index in [9.17, 15) is 4.79 Å². The highest BCUT2D eigenvalue weighted by Crippen LogP contribution is 2.25. The van der Waals surface area contributed by atoms with Crippen molar-refractivity contribution in [2.45, 2.75) is 97.8 Å². The Labute approximate surface area is 261 Å². The van der Waals surface area contributed by atoms with Crippen LogP contribution in [0.4, 0.5) is 0 Å². The molecule has 0 spiro atoms. The minimum atomic E-state index is -0.379. The van der Waals surface area contributed by atoms with E-state index in [1.54, 1.807) is 19.4 Å². The first kappa shape index (κ1) is 36.2. The molecule has 0 unspecified atom stereocenters. The monoisotopic (exact) mass is 613 g/mol. The number of pyridine rings is 1. The third-order valence-corrected chi connectivity index (χ3v) is 8.24. The van der Waals surface area contributed by atoms with E-state index >= 15 is 0 Å². The van der Waals surface area contributed by atoms with Gasteiger partial charge in [-0.25, -0.2) is 9.78 Å². The first-order valence-corrected chi connectivity index (χ1v) is 16.8. The zero-order valence-electron chi connectivity index (χ0n) is 26.6. The Bertz CT molecular complexity index is 1240. The first-order chi connectivity index (χ1) is 20.8. The maximum absolute atomic E-state index is 12.6. The third-order valence-electron chi connectivity index (χ3n) is 7.17. The molecular weight excluding hydrogens is 562 g/mol. The van der Waals surface area contributed by atoms with Crippen molar-refractivity contribution < 1.29 is 23.8 Å². The second kappa shape index (κ2) is 20.8. The summed E-state index contributed by atoms with van der Waals surface area (Å²) in [5.41, 5.74) is 1.87. The van der Waals surface area contributed by atoms with Crippen molar-refractivity contribution in [1.82, 2.24) is 4.98 Å². The molecule has 0 aliphatic carbocycles. The molecule has 1 aromatic carbocycles. The normalized spacial score (nSPS) is 11.2. The van der Waals surface area contributed by atoms with Crippen LogP contribution in [0.1, 0.15) is 97.8 Å². The number of fused-ring (bicyclic) bond motifs is 1. The first-order valence-electron chi connectivity index (χ1n) is 15.6. The summed E-state index contributed by atoms with van der Waals surface area (Å²) in [6.07, 6.45) is 17.4. The molecule has 2 heterocycles. The molecule has 0 saturated carbocycles. The maximum Gasteiger partial charge on any atom is 0.344 e. The molecule has 0 fully saturated rings. The molecule has 0 bridgehead atoms. The highest BCUT2D eigenvalue weighted by molar-refractivity contribution is 7.99. The minimum Gasteiger partial charge on any atom is -0.497 e. The number of methoxy groups -OCH3 is 1. The van der Waals surface area contributed by atoms with Gasteiger partial charge in [-0.05, 0) is 59.9 Å². The van der Waals surface area contributed by atoms with E-state index < -0.39 is 0 Å². The van der Waals surface area contributed by atoms with Gasteiger partial charge in [0.05, 0.1) is 19.3 Å². The summed E-state index contributed by atoms with van der Waals surface area (Å²) in [6.45, 7) is 7.37. The second-order valence-corrected chi connectivity index (χ2v) is 13.2. The van der Waals surface area contributed by atoms with Gasteiger partial charge in [0.15, 0.2) is 0 Å². The largest absolute Gasteiger partial charge is 0.497 e. The zero-order valence-corrected chi connectivity index (χ0v) is 27.4. The topological polar surface area (TPSA) is 98.9 Å². The highest BCUT2D eigenvalue weighted by Gasteiger charge is 2.10. The molecule has 3 rings (SSSR count). The fourth-order valence-electron chi connectivity index (χ4n) is 4.60. The summed E-state index contributed by atoms with van der Waals surface area (Å²) < 4.78 is 16.6. The predicted molar refractivity (Wildman–Crippen MR) is 179 cm³/mol. The lowest BCUT2D eigenvalue weighted by atomic mass is 9.94. The van der Waals surface area contributed by atoms with Gasteiger partial charge in [0, 0.05) is 17.6 Å². The minimum absolute atomic E-state index is 0.250. The second-order valence-electron chi connectivity index (χ2n) is 12.0. The Balaban J connectivity index is 0.00000206. The summed E-state index contributed by atoms with van der Waals surface area (Å²) in [7, 11) is 1.62. The van der Waals surface area contributed by atoms with E-state index in [2.05, 4.69) is 37.5 Å². The van der Waals surface area contributed by atoms with E-state index in [0.717, 1.165) is 23.1 Å². The number of carboxylic acid groups (broad SMARTS) is 1. The van der Waals surface area contributed by atoms with Crippen LogP contribution in [0, 0.1) is 5.41 Å². The van der Waals surface area contributed by atoms with E-state index in [-0.39, 0.29) is 12.1 Å². The van der Waals surface area contributed by atoms with Crippen molar-refractivity contribution in [3.8, 4) is 22.8 Å². The molecule has 2 aromatic heterocycles. The average Bonchev–Trinajstić information content (AvgIpc) is 2.98. The zero-order chi connectivity index (χ0) is 31.3. The van der Waals surface area contributed by atoms with Crippen molar-refractivity contribution >= 4 is 29.2 Å². The Hall–Kier alpha value is -3.00. The van der Waals surface area contributed by atoms with Crippen molar-refractivity contribution in [3.63, 3.8) is 0 Å². The Morgan fingerprint density at radius 2 is 1.47 bits per heavy atom. The summed E-state index contributed by atoms with van der Waals surface area (Å²) >= 11 is 2.13. The lowest BCUT2D eigenvalue weighted by Crippen LogP contribution is -2.06. The van der Waals surface area contributed by atoms with Gasteiger partial charge < -0.3 is 19.0 Å². The maximum atomic E-state index is 12.6. The van der Waals surface area contributed by atoms with Crippen molar-refractivity contribution in [1.29, 1.82) is 0 Å². The van der Waals surface area contributed by atoms with Gasteiger partial charge in [-0.15, -0.1) is 0 Å². The van der Waals surface area contributed by atoms with Crippen LogP contribution in [-0.2, 0) is 4.79 Å². The van der Waals surface area contributed by atoms with Crippen LogP contribution in [0.5, 0.6) is 11.6 Å². The van der Waals surface area contributed by atoms with E-state index in [1.807, 2.05) is 30.3 Å². The molecule has 0 aliphatic rings. The Kier molecular flexibility index (Phi) is 17.5. The van der Waals surface area contributed by atoms with Crippen molar-refractivity contribution in [3.05, 3.63) is 53.0 Å². The van der Waals surface area contributed by atoms with Gasteiger partial charge in [-0.1, -0.05) is 90.7 Å². The fourth-order valence-corrected chi connectivity index (χ4v) is 5.97. The number of unbranched alkanes of at least 4 members (excludes halogenated alkanes) is 10. The van der Waals surface area contributed by atoms with Crippen molar-refractivity contribution in [2.24, 2.45) is 5.41 Å². The number of benzene rings is 1. The number of aromatic nitrogens is 1. The molecule has 43 heavy (non-hydrogen) atoms. The van der Waals surface area contributed by atoms with Crippen LogP contribution in [-0.4, -0.2) is 41.8 Å². The van der Waals surface area contributed by atoms with Crippen LogP contribution < -0.4 is 15.1 Å². The van der Waals surface area contributed by atoms with Crippen LogP contribution >= 0.6 is 11.8 Å². The lowest BCUT2D eigenvalue weighted by Gasteiger charge is -2.17. The summed E-state index contributed by atoms with van der Waals surface area (Å²) in [6, 6.07) is 10.9. The molecule has 7 nitrogen and oxygen atoms in total. The van der Waals surface area contributed by atoms with Gasteiger partial charge in [-0.3, -0.25) is 4.79 Å². The van der Waals surface area contributed by atoms with Gasteiger partial charge >= 0.3 is 5.63 Å². The van der Waals surface area contributed by atoms with Crippen LogP contribution in [0.2, 0.25) is 0 Å². The lowest BCUT2D eigenvalue weighted by molar-refractivity contribution is -0.122. The van der Waals surface area contributed by atoms with Gasteiger partial charge in [0.25, 0.3) is 6.47 Å². The molecule has 0 atom stereocenters. The van der Waals surface area contributed by atoms with E-state index in [1.165, 1.54) is 82.1 Å². The van der Waals surface area contributed by atoms with Gasteiger partial charge in [-0.2, -0.15) is 11.8 Å². The Morgan fingerprint density at radius 3 is 2.05 bits per heavy atom. The number of hydrogen-bond donors (Lipinski definition) is 1. The van der Waals surface area contributed by atoms with Gasteiger partial charge in [0.1, 0.15) is 11.3 Å². The average molecular weight is 614 g/mol.